The maximum absolute atomic E-state index is 12.6. The van der Waals surface area contributed by atoms with Gasteiger partial charge in [-0.05, 0) is 32.8 Å². The summed E-state index contributed by atoms with van der Waals surface area (Å²) >= 11 is 0. The van der Waals surface area contributed by atoms with Crippen LogP contribution in [0.3, 0.4) is 0 Å². The van der Waals surface area contributed by atoms with E-state index < -0.39 is 23.8 Å². The number of hydrogen-bond acceptors (Lipinski definition) is 4. The number of quaternary nitrogens is 1. The second-order valence-corrected chi connectivity index (χ2v) is 10.4. The Kier molecular flexibility index (Phi) is 9.65. The molecule has 7 nitrogen and oxygen atoms in total. The number of carbonyl (C=O) groups excluding carboxylic acids is 2. The molecule has 1 unspecified atom stereocenters. The normalized spacial score (nSPS) is 15.2. The zero-order valence-corrected chi connectivity index (χ0v) is 21.2. The molecule has 0 aromatic heterocycles. The van der Waals surface area contributed by atoms with E-state index in [-0.39, 0.29) is 23.0 Å². The molecule has 0 radical (unpaired) electrons. The van der Waals surface area contributed by atoms with Crippen LogP contribution in [-0.2, 0) is 22.5 Å². The lowest BCUT2D eigenvalue weighted by Gasteiger charge is -2.37. The van der Waals surface area contributed by atoms with Crippen LogP contribution in [0.15, 0.2) is 60.7 Å². The van der Waals surface area contributed by atoms with Crippen LogP contribution in [0.5, 0.6) is 0 Å². The second kappa shape index (κ2) is 12.0. The molecule has 2 amide bonds. The first-order valence-electron chi connectivity index (χ1n) is 11.8. The first-order chi connectivity index (χ1) is 15.9. The standard InChI is InChI=1S/C27H39N3O4/c1-20(2)25(32)29-30(6,18-22-15-11-8-12-16-22)19-24(31)23(17-21-13-9-7-10-14-21)28-26(33)34-27(3,4)5/h7-16,20,23-24,31H,17-19H2,1-6H3,(H-,28,29,32,33)/p+1/t23-,24-,30?/m0/s1. The summed E-state index contributed by atoms with van der Waals surface area (Å²) in [7, 11) is 1.88. The first kappa shape index (κ1) is 27.3. The van der Waals surface area contributed by atoms with Crippen molar-refractivity contribution >= 4 is 12.0 Å². The molecule has 3 atom stereocenters. The average Bonchev–Trinajstić information content (AvgIpc) is 2.73. The molecule has 0 bridgehead atoms. The first-order valence-corrected chi connectivity index (χ1v) is 11.8. The maximum atomic E-state index is 12.6. The van der Waals surface area contributed by atoms with Crippen LogP contribution in [-0.4, -0.2) is 53.0 Å². The van der Waals surface area contributed by atoms with E-state index in [1.807, 2.05) is 81.6 Å². The molecule has 0 aliphatic heterocycles. The zero-order valence-electron chi connectivity index (χ0n) is 21.2. The number of benzene rings is 2. The minimum Gasteiger partial charge on any atom is -0.444 e. The van der Waals surface area contributed by atoms with Crippen molar-refractivity contribution in [2.24, 2.45) is 5.92 Å². The Morgan fingerprint density at radius 1 is 0.971 bits per heavy atom. The van der Waals surface area contributed by atoms with E-state index >= 15 is 0 Å². The molecule has 0 saturated heterocycles. The molecular weight excluding hydrogens is 430 g/mol. The maximum Gasteiger partial charge on any atom is 0.407 e. The van der Waals surface area contributed by atoms with Crippen LogP contribution in [0.4, 0.5) is 4.79 Å². The quantitative estimate of drug-likeness (QED) is 0.364. The topological polar surface area (TPSA) is 87.7 Å². The summed E-state index contributed by atoms with van der Waals surface area (Å²) in [4.78, 5) is 25.2. The van der Waals surface area contributed by atoms with Gasteiger partial charge in [0.1, 0.15) is 24.8 Å². The number of aliphatic hydroxyl groups is 1. The highest BCUT2D eigenvalue weighted by molar-refractivity contribution is 5.76. The molecule has 2 aromatic rings. The highest BCUT2D eigenvalue weighted by atomic mass is 16.6. The fraction of sp³-hybridized carbons (Fsp3) is 0.481. The van der Waals surface area contributed by atoms with Gasteiger partial charge in [-0.2, -0.15) is 0 Å². The van der Waals surface area contributed by atoms with Crippen molar-refractivity contribution in [2.45, 2.75) is 65.3 Å². The van der Waals surface area contributed by atoms with E-state index in [1.165, 1.54) is 0 Å². The Bertz CT molecular complexity index is 912. The van der Waals surface area contributed by atoms with Gasteiger partial charge in [-0.15, -0.1) is 0 Å². The Hall–Kier alpha value is -2.90. The molecule has 2 aromatic carbocycles. The lowest BCUT2D eigenvalue weighted by atomic mass is 10.0. The molecule has 34 heavy (non-hydrogen) atoms. The summed E-state index contributed by atoms with van der Waals surface area (Å²) < 4.78 is 5.53. The number of hydrogen-bond donors (Lipinski definition) is 3. The number of rotatable bonds is 10. The average molecular weight is 471 g/mol. The molecule has 7 heteroatoms. The number of amides is 2. The minimum absolute atomic E-state index is 0.0868. The van der Waals surface area contributed by atoms with E-state index in [1.54, 1.807) is 20.8 Å². The third-order valence-electron chi connectivity index (χ3n) is 5.33. The van der Waals surface area contributed by atoms with E-state index in [2.05, 4.69) is 10.7 Å². The van der Waals surface area contributed by atoms with Gasteiger partial charge in [-0.25, -0.2) is 14.8 Å². The summed E-state index contributed by atoms with van der Waals surface area (Å²) in [6, 6.07) is 18.9. The van der Waals surface area contributed by atoms with Crippen molar-refractivity contribution in [1.29, 1.82) is 0 Å². The third kappa shape index (κ3) is 9.53. The van der Waals surface area contributed by atoms with E-state index in [0.717, 1.165) is 11.1 Å². The van der Waals surface area contributed by atoms with Gasteiger partial charge in [-0.3, -0.25) is 4.79 Å². The Morgan fingerprint density at radius 2 is 1.50 bits per heavy atom. The molecule has 0 heterocycles. The smallest absolute Gasteiger partial charge is 0.407 e. The highest BCUT2D eigenvalue weighted by Gasteiger charge is 2.34. The van der Waals surface area contributed by atoms with Crippen LogP contribution < -0.4 is 10.7 Å². The summed E-state index contributed by atoms with van der Waals surface area (Å²) in [5.74, 6) is -0.310. The van der Waals surface area contributed by atoms with Crippen molar-refractivity contribution in [3.05, 3.63) is 71.8 Å². The predicted octanol–water partition coefficient (Wildman–Crippen LogP) is 3.82. The molecule has 0 aliphatic carbocycles. The molecule has 0 aliphatic rings. The summed E-state index contributed by atoms with van der Waals surface area (Å²) in [6.45, 7) is 9.74. The Labute approximate surface area is 203 Å². The van der Waals surface area contributed by atoms with Crippen LogP contribution >= 0.6 is 0 Å². The van der Waals surface area contributed by atoms with Crippen molar-refractivity contribution < 1.29 is 24.0 Å². The number of nitrogens with zero attached hydrogens (tertiary/aromatic N) is 1. The fourth-order valence-electron chi connectivity index (χ4n) is 3.68. The Balaban J connectivity index is 2.27. The van der Waals surface area contributed by atoms with E-state index in [9.17, 15) is 14.7 Å². The van der Waals surface area contributed by atoms with Crippen molar-refractivity contribution in [1.82, 2.24) is 10.7 Å². The Morgan fingerprint density at radius 3 is 2.00 bits per heavy atom. The lowest BCUT2D eigenvalue weighted by Crippen LogP contribution is -2.63. The molecule has 0 fully saturated rings. The van der Waals surface area contributed by atoms with Crippen molar-refractivity contribution in [3.63, 3.8) is 0 Å². The number of carbonyl (C=O) groups is 2. The lowest BCUT2D eigenvalue weighted by molar-refractivity contribution is -0.959. The van der Waals surface area contributed by atoms with Gasteiger partial charge in [0, 0.05) is 11.5 Å². The van der Waals surface area contributed by atoms with E-state index in [4.69, 9.17) is 4.74 Å². The SMILES string of the molecule is CC(C)C(=O)N[N+](C)(Cc1ccccc1)C[C@H](O)[C@H](Cc1ccccc1)NC(=O)OC(C)(C)C. The highest BCUT2D eigenvalue weighted by Crippen LogP contribution is 2.16. The summed E-state index contributed by atoms with van der Waals surface area (Å²) in [5, 5.41) is 14.2. The fourth-order valence-corrected chi connectivity index (χ4v) is 3.68. The number of aliphatic hydroxyl groups excluding tert-OH is 1. The van der Waals surface area contributed by atoms with Crippen LogP contribution in [0.2, 0.25) is 0 Å². The third-order valence-corrected chi connectivity index (χ3v) is 5.33. The predicted molar refractivity (Wildman–Crippen MR) is 133 cm³/mol. The van der Waals surface area contributed by atoms with Gasteiger partial charge in [0.15, 0.2) is 0 Å². The van der Waals surface area contributed by atoms with E-state index in [0.29, 0.717) is 13.0 Å². The van der Waals surface area contributed by atoms with Gasteiger partial charge >= 0.3 is 6.09 Å². The second-order valence-electron chi connectivity index (χ2n) is 10.4. The van der Waals surface area contributed by atoms with Crippen LogP contribution in [0.1, 0.15) is 45.7 Å². The van der Waals surface area contributed by atoms with Gasteiger partial charge in [0.25, 0.3) is 5.91 Å². The number of nitrogens with one attached hydrogen (secondary N) is 2. The van der Waals surface area contributed by atoms with Gasteiger partial charge in [-0.1, -0.05) is 74.5 Å². The monoisotopic (exact) mass is 470 g/mol. The van der Waals surface area contributed by atoms with Gasteiger partial charge < -0.3 is 15.2 Å². The molecule has 3 N–H and O–H groups in total. The largest absolute Gasteiger partial charge is 0.444 e. The van der Waals surface area contributed by atoms with Gasteiger partial charge in [0.05, 0.1) is 13.1 Å². The molecule has 0 spiro atoms. The number of alkyl carbamates (subject to hydrolysis) is 1. The molecule has 186 valence electrons. The molecule has 0 saturated carbocycles. The minimum atomic E-state index is -0.950. The number of likely N-dealkylation sites (N-methyl/N-ethyl adjacent to an activating group) is 1. The van der Waals surface area contributed by atoms with Crippen molar-refractivity contribution in [2.75, 3.05) is 13.6 Å². The summed E-state index contributed by atoms with van der Waals surface area (Å²) in [5.41, 5.74) is 4.43. The van der Waals surface area contributed by atoms with Crippen LogP contribution in [0, 0.1) is 5.92 Å². The zero-order chi connectivity index (χ0) is 25.4. The van der Waals surface area contributed by atoms with Crippen molar-refractivity contribution in [3.8, 4) is 0 Å². The van der Waals surface area contributed by atoms with Crippen LogP contribution in [0.25, 0.3) is 0 Å². The summed E-state index contributed by atoms with van der Waals surface area (Å²) in [6.07, 6.45) is -1.12. The molecular formula is C27H40N3O4+. The van der Waals surface area contributed by atoms with Gasteiger partial charge in [0.2, 0.25) is 0 Å². The number of ether oxygens (including phenoxy) is 1. The molecule has 2 rings (SSSR count).